The van der Waals surface area contributed by atoms with Gasteiger partial charge in [0.05, 0.1) is 0 Å². The minimum atomic E-state index is -0.404. The van der Waals surface area contributed by atoms with Crippen molar-refractivity contribution in [3.8, 4) is 0 Å². The van der Waals surface area contributed by atoms with Crippen molar-refractivity contribution in [3.05, 3.63) is 0 Å². The summed E-state index contributed by atoms with van der Waals surface area (Å²) in [5, 5.41) is 0. The molecule has 0 aliphatic rings. The van der Waals surface area contributed by atoms with Gasteiger partial charge in [0.2, 0.25) is 0 Å². The summed E-state index contributed by atoms with van der Waals surface area (Å²) in [6, 6.07) is 1.84. The van der Waals surface area contributed by atoms with Gasteiger partial charge >= 0.3 is 31.1 Å². The normalized spacial score (nSPS) is 6.22. The number of hydrogen-bond donors (Lipinski definition) is 0. The maximum atomic E-state index is 9.41. The van der Waals surface area contributed by atoms with Crippen molar-refractivity contribution in [1.29, 1.82) is 0 Å². The topological polar surface area (TPSA) is 34.1 Å². The van der Waals surface area contributed by atoms with E-state index < -0.39 is 7.92 Å². The predicted molar refractivity (Wildman–Crippen MR) is 35.8 cm³/mol. The van der Waals surface area contributed by atoms with Gasteiger partial charge in [0.25, 0.3) is 0 Å². The summed E-state index contributed by atoms with van der Waals surface area (Å²) in [5.74, 6) is 0. The van der Waals surface area contributed by atoms with E-state index in [2.05, 4.69) is 0 Å². The van der Waals surface area contributed by atoms with E-state index in [0.717, 1.165) is 0 Å². The summed E-state index contributed by atoms with van der Waals surface area (Å²) in [6.45, 7) is 5.05. The molecule has 0 saturated carbocycles. The Balaban J connectivity index is -0.0000000800. The zero-order valence-corrected chi connectivity index (χ0v) is 10.8. The van der Waals surface area contributed by atoms with E-state index in [1.165, 1.54) is 13.2 Å². The Bertz CT molecular complexity index is 66.0. The van der Waals surface area contributed by atoms with Crippen LogP contribution in [0.4, 0.5) is 0 Å². The first-order valence-corrected chi connectivity index (χ1v) is 4.26. The maximum Gasteiger partial charge on any atom is 2.00 e. The van der Waals surface area contributed by atoms with Crippen molar-refractivity contribution >= 4 is 20.2 Å². The van der Waals surface area contributed by atoms with Gasteiger partial charge in [0.1, 0.15) is 0 Å². The second-order valence-corrected chi connectivity index (χ2v) is 3.16. The molecule has 2 nitrogen and oxygen atoms in total. The van der Waals surface area contributed by atoms with Crippen LogP contribution in [0.1, 0.15) is 6.92 Å². The molecule has 0 aliphatic heterocycles. The molecule has 0 aromatic heterocycles. The van der Waals surface area contributed by atoms with Gasteiger partial charge in [0.15, 0.2) is 0 Å². The van der Waals surface area contributed by atoms with Gasteiger partial charge in [-0.3, -0.25) is 6.29 Å². The summed E-state index contributed by atoms with van der Waals surface area (Å²) < 4.78 is 0. The van der Waals surface area contributed by atoms with Crippen molar-refractivity contribution in [2.75, 3.05) is 13.3 Å². The Hall–Kier alpha value is 0.822. The first kappa shape index (κ1) is 16.4. The van der Waals surface area contributed by atoms with Gasteiger partial charge in [-0.25, -0.2) is 13.9 Å². The van der Waals surface area contributed by atoms with Crippen molar-refractivity contribution in [3.63, 3.8) is 0 Å². The summed E-state index contributed by atoms with van der Waals surface area (Å²) in [4.78, 5) is 18.1. The fourth-order valence-electron chi connectivity index (χ4n) is 0. The molecular formula is C5H9O2PU. The summed E-state index contributed by atoms with van der Waals surface area (Å²) in [5.41, 5.74) is 0. The van der Waals surface area contributed by atoms with Gasteiger partial charge in [-0.1, -0.05) is 13.3 Å². The first-order chi connectivity index (χ1) is 3.68. The van der Waals surface area contributed by atoms with Crippen LogP contribution in [0.15, 0.2) is 0 Å². The second-order valence-electron chi connectivity index (χ2n) is 1.19. The molecule has 0 saturated heterocycles. The van der Waals surface area contributed by atoms with Gasteiger partial charge in [-0.15, -0.1) is 0 Å². The molecule has 0 aromatic carbocycles. The molecule has 50 valence electrons. The van der Waals surface area contributed by atoms with E-state index in [1.54, 1.807) is 0 Å². The first-order valence-electron chi connectivity index (χ1n) is 2.03. The van der Waals surface area contributed by atoms with Gasteiger partial charge < -0.3 is 9.59 Å². The van der Waals surface area contributed by atoms with Crippen LogP contribution in [0.5, 0.6) is 0 Å². The van der Waals surface area contributed by atoms with Crippen molar-refractivity contribution in [2.24, 2.45) is 0 Å². The van der Waals surface area contributed by atoms with Crippen LogP contribution < -0.4 is 0 Å². The fourth-order valence-corrected chi connectivity index (χ4v) is 0. The van der Waals surface area contributed by atoms with Crippen LogP contribution in [-0.2, 0) is 9.59 Å². The van der Waals surface area contributed by atoms with Crippen LogP contribution in [0.25, 0.3) is 0 Å². The number of hydrogen-bond acceptors (Lipinski definition) is 2. The molecule has 0 unspecified atom stereocenters. The Morgan fingerprint density at radius 2 is 1.33 bits per heavy atom. The molecule has 0 aromatic rings. The minimum absolute atomic E-state index is 0. The monoisotopic (exact) mass is 370 g/mol. The largest absolute Gasteiger partial charge is 2.00 e. The molecule has 0 aliphatic carbocycles. The third kappa shape index (κ3) is 51.6. The molecule has 0 heterocycles. The van der Waals surface area contributed by atoms with E-state index in [4.69, 9.17) is 4.79 Å². The minimum Gasteiger partial charge on any atom is -0.542 e. The summed E-state index contributed by atoms with van der Waals surface area (Å²) >= 11 is 0. The van der Waals surface area contributed by atoms with Crippen LogP contribution in [0.2, 0.25) is 0 Å². The van der Waals surface area contributed by atoms with Crippen LogP contribution >= 0.6 is 7.92 Å². The van der Waals surface area contributed by atoms with Crippen molar-refractivity contribution in [2.45, 2.75) is 6.92 Å². The number of rotatable bonds is 1. The molecule has 0 atom stereocenters. The fraction of sp³-hybridized carbons (Fsp3) is 0.600. The smallest absolute Gasteiger partial charge is 0.542 e. The van der Waals surface area contributed by atoms with Gasteiger partial charge in [-0.2, -0.15) is 6.92 Å². The molecule has 9 heavy (non-hydrogen) atoms. The molecule has 0 N–H and O–H groups in total. The van der Waals surface area contributed by atoms with E-state index >= 15 is 0 Å². The Kier molecular flexibility index (Phi) is 29.1. The quantitative estimate of drug-likeness (QED) is 0.508. The molecule has 0 fully saturated rings. The molecule has 0 amide bonds. The standard InChI is InChI=1S/C3H6OP.C2H3O.U/c1-5(2)3-4;1-2-3;/h1-2H3;1H3;/q2*-1;+2. The van der Waals surface area contributed by atoms with Crippen molar-refractivity contribution in [1.82, 2.24) is 0 Å². The van der Waals surface area contributed by atoms with Crippen LogP contribution in [0.3, 0.4) is 0 Å². The predicted octanol–water partition coefficient (Wildman–Crippen LogP) is 0.911. The third-order valence-corrected chi connectivity index (χ3v) is 0.548. The van der Waals surface area contributed by atoms with E-state index in [9.17, 15) is 4.79 Å². The maximum absolute atomic E-state index is 9.41. The summed E-state index contributed by atoms with van der Waals surface area (Å²) in [7, 11) is -0.404. The van der Waals surface area contributed by atoms with Gasteiger partial charge in [-0.05, 0) is 0 Å². The molecule has 0 bridgehead atoms. The van der Waals surface area contributed by atoms with E-state index in [0.29, 0.717) is 0 Å². The molecule has 0 spiro atoms. The van der Waals surface area contributed by atoms with E-state index in [-0.39, 0.29) is 31.1 Å². The zero-order chi connectivity index (χ0) is 6.99. The second kappa shape index (κ2) is 15.9. The van der Waals surface area contributed by atoms with E-state index in [1.807, 2.05) is 19.4 Å². The Morgan fingerprint density at radius 1 is 1.22 bits per heavy atom. The SMILES string of the molecule is CP(C)[C-]=O.C[C-]=O.[U+2]. The Morgan fingerprint density at radius 3 is 1.33 bits per heavy atom. The van der Waals surface area contributed by atoms with Gasteiger partial charge in [0, 0.05) is 0 Å². The molecule has 4 heteroatoms. The molecule has 0 rings (SSSR count). The zero-order valence-electron chi connectivity index (χ0n) is 5.76. The average molecular weight is 370 g/mol. The van der Waals surface area contributed by atoms with Crippen LogP contribution in [0, 0.1) is 31.1 Å². The summed E-state index contributed by atoms with van der Waals surface area (Å²) in [6.07, 6.45) is 1.50. The molecular weight excluding hydrogens is 361 g/mol. The molecule has 0 radical (unpaired) electrons. The third-order valence-electron chi connectivity index (χ3n) is 0.183. The van der Waals surface area contributed by atoms with Crippen LogP contribution in [-0.4, -0.2) is 25.6 Å². The Labute approximate surface area is 80.9 Å². The number of carbonyl (C=O) groups excluding carboxylic acids is 2. The average Bonchev–Trinajstić information content (AvgIpc) is 1.69. The van der Waals surface area contributed by atoms with Crippen molar-refractivity contribution < 1.29 is 40.7 Å².